The molecule has 0 bridgehead atoms. The van der Waals surface area contributed by atoms with E-state index in [9.17, 15) is 8.42 Å². The molecule has 0 amide bonds. The van der Waals surface area contributed by atoms with E-state index in [1.807, 2.05) is 6.92 Å². The van der Waals surface area contributed by atoms with Gasteiger partial charge < -0.3 is 11.1 Å². The molecule has 1 aliphatic heterocycles. The summed E-state index contributed by atoms with van der Waals surface area (Å²) in [6.07, 6.45) is 0. The van der Waals surface area contributed by atoms with Gasteiger partial charge in [-0.3, -0.25) is 0 Å². The van der Waals surface area contributed by atoms with E-state index in [4.69, 9.17) is 5.73 Å². The van der Waals surface area contributed by atoms with Gasteiger partial charge in [0.25, 0.3) is 0 Å². The Balaban J connectivity index is 2.49. The van der Waals surface area contributed by atoms with Gasteiger partial charge in [0.1, 0.15) is 0 Å². The normalized spacial score (nSPS) is 16.9. The number of nitrogen functional groups attached to an aromatic ring is 1. The second kappa shape index (κ2) is 3.92. The number of anilines is 1. The minimum absolute atomic E-state index is 0.356. The van der Waals surface area contributed by atoms with Crippen molar-refractivity contribution in [1.29, 1.82) is 0 Å². The molecular formula is C11H14N2O2S. The first-order chi connectivity index (χ1) is 7.54. The van der Waals surface area contributed by atoms with Crippen LogP contribution in [0.3, 0.4) is 0 Å². The van der Waals surface area contributed by atoms with E-state index < -0.39 is 9.84 Å². The number of nitrogens with one attached hydrogen (secondary N) is 1. The van der Waals surface area contributed by atoms with Crippen molar-refractivity contribution in [3.05, 3.63) is 29.2 Å². The van der Waals surface area contributed by atoms with Crippen LogP contribution < -0.4 is 11.1 Å². The molecule has 1 aromatic rings. The molecule has 0 unspecified atom stereocenters. The first kappa shape index (κ1) is 11.2. The van der Waals surface area contributed by atoms with E-state index >= 15 is 0 Å². The Morgan fingerprint density at radius 1 is 1.38 bits per heavy atom. The molecule has 0 radical (unpaired) electrons. The smallest absolute Gasteiger partial charge is 0.200 e. The molecule has 0 fully saturated rings. The summed E-state index contributed by atoms with van der Waals surface area (Å²) in [6.45, 7) is 3.32. The van der Waals surface area contributed by atoms with Gasteiger partial charge in [-0.05, 0) is 30.3 Å². The summed E-state index contributed by atoms with van der Waals surface area (Å²) in [5, 5.41) is 4.43. The van der Waals surface area contributed by atoms with Crippen molar-refractivity contribution in [3.8, 4) is 0 Å². The quantitative estimate of drug-likeness (QED) is 0.771. The lowest BCUT2D eigenvalue weighted by molar-refractivity contribution is 0.605. The van der Waals surface area contributed by atoms with Crippen molar-refractivity contribution in [3.63, 3.8) is 0 Å². The molecule has 5 heteroatoms. The monoisotopic (exact) mass is 238 g/mol. The van der Waals surface area contributed by atoms with Crippen molar-refractivity contribution in [1.82, 2.24) is 5.32 Å². The maximum atomic E-state index is 11.8. The molecule has 1 aliphatic rings. The topological polar surface area (TPSA) is 72.2 Å². The Labute approximate surface area is 95.1 Å². The van der Waals surface area contributed by atoms with Crippen molar-refractivity contribution in [2.24, 2.45) is 0 Å². The molecule has 16 heavy (non-hydrogen) atoms. The van der Waals surface area contributed by atoms with Gasteiger partial charge in [-0.2, -0.15) is 0 Å². The highest BCUT2D eigenvalue weighted by atomic mass is 32.2. The van der Waals surface area contributed by atoms with Crippen molar-refractivity contribution in [2.75, 3.05) is 18.8 Å². The molecule has 4 nitrogen and oxygen atoms in total. The fourth-order valence-corrected chi connectivity index (χ4v) is 3.22. The van der Waals surface area contributed by atoms with Crippen molar-refractivity contribution in [2.45, 2.75) is 11.8 Å². The number of fused-ring (bicyclic) bond motifs is 1. The van der Waals surface area contributed by atoms with Crippen LogP contribution >= 0.6 is 0 Å². The minimum Gasteiger partial charge on any atom is -0.399 e. The fraction of sp³-hybridized carbons (Fsp3) is 0.273. The molecular weight excluding hydrogens is 224 g/mol. The Hall–Kier alpha value is -1.33. The lowest BCUT2D eigenvalue weighted by Crippen LogP contribution is -2.14. The molecule has 0 atom stereocenters. The van der Waals surface area contributed by atoms with Gasteiger partial charge in [0.05, 0.1) is 4.90 Å². The first-order valence-electron chi connectivity index (χ1n) is 5.11. The summed E-state index contributed by atoms with van der Waals surface area (Å²) >= 11 is 0. The van der Waals surface area contributed by atoms with Gasteiger partial charge in [-0.25, -0.2) is 8.42 Å². The Morgan fingerprint density at radius 3 is 2.81 bits per heavy atom. The van der Waals surface area contributed by atoms with Gasteiger partial charge in [-0.15, -0.1) is 0 Å². The number of benzene rings is 1. The van der Waals surface area contributed by atoms with Crippen LogP contribution in [0.2, 0.25) is 0 Å². The molecule has 3 N–H and O–H groups in total. The average molecular weight is 238 g/mol. The summed E-state index contributed by atoms with van der Waals surface area (Å²) < 4.78 is 23.6. The largest absolute Gasteiger partial charge is 0.399 e. The third-order valence-corrected chi connectivity index (χ3v) is 4.08. The summed E-state index contributed by atoms with van der Waals surface area (Å²) in [5.74, 6) is 0. The highest BCUT2D eigenvalue weighted by Gasteiger charge is 2.26. The second-order valence-corrected chi connectivity index (χ2v) is 5.49. The standard InChI is InChI=1S/C11H14N2O2S/c1-2-13-6-8-7-16(14,15)11-4-3-9(12)5-10(8)11/h3-5,7,13H,2,6,12H2,1H3. The molecule has 0 saturated carbocycles. The van der Waals surface area contributed by atoms with Gasteiger partial charge in [0, 0.05) is 23.2 Å². The highest BCUT2D eigenvalue weighted by molar-refractivity contribution is 7.95. The number of rotatable bonds is 3. The van der Waals surface area contributed by atoms with E-state index in [-0.39, 0.29) is 0 Å². The Kier molecular flexibility index (Phi) is 2.73. The van der Waals surface area contributed by atoms with Crippen LogP contribution in [0, 0.1) is 0 Å². The van der Waals surface area contributed by atoms with Crippen LogP contribution in [0.5, 0.6) is 0 Å². The maximum absolute atomic E-state index is 11.8. The second-order valence-electron chi connectivity index (χ2n) is 3.72. The van der Waals surface area contributed by atoms with Gasteiger partial charge >= 0.3 is 0 Å². The summed E-state index contributed by atoms with van der Waals surface area (Å²) in [4.78, 5) is 0.356. The predicted octanol–water partition coefficient (Wildman–Crippen LogP) is 1.01. The van der Waals surface area contributed by atoms with Crippen molar-refractivity contribution < 1.29 is 8.42 Å². The average Bonchev–Trinajstić information content (AvgIpc) is 2.47. The Morgan fingerprint density at radius 2 is 2.12 bits per heavy atom. The molecule has 0 saturated heterocycles. The Bertz CT molecular complexity index is 547. The minimum atomic E-state index is -3.26. The molecule has 0 aliphatic carbocycles. The van der Waals surface area contributed by atoms with Gasteiger partial charge in [0.2, 0.25) is 9.84 Å². The van der Waals surface area contributed by atoms with E-state index in [0.29, 0.717) is 17.1 Å². The SMILES string of the molecule is CCNCC1=CS(=O)(=O)c2ccc(N)cc21. The predicted molar refractivity (Wildman–Crippen MR) is 64.6 cm³/mol. The molecule has 86 valence electrons. The summed E-state index contributed by atoms with van der Waals surface area (Å²) in [7, 11) is -3.26. The molecule has 0 spiro atoms. The molecule has 1 heterocycles. The maximum Gasteiger partial charge on any atom is 0.200 e. The zero-order chi connectivity index (χ0) is 11.8. The molecule has 0 aromatic heterocycles. The van der Waals surface area contributed by atoms with Crippen LogP contribution in [0.4, 0.5) is 5.69 Å². The van der Waals surface area contributed by atoms with Gasteiger partial charge in [0.15, 0.2) is 0 Å². The van der Waals surface area contributed by atoms with E-state index in [1.54, 1.807) is 18.2 Å². The number of nitrogens with two attached hydrogens (primary N) is 1. The molecule has 1 aromatic carbocycles. The van der Waals surface area contributed by atoms with Crippen molar-refractivity contribution >= 4 is 21.1 Å². The zero-order valence-corrected chi connectivity index (χ0v) is 9.84. The van der Waals surface area contributed by atoms with E-state index in [1.165, 1.54) is 5.41 Å². The third kappa shape index (κ3) is 1.83. The lowest BCUT2D eigenvalue weighted by Gasteiger charge is -2.05. The number of hydrogen-bond donors (Lipinski definition) is 2. The number of sulfone groups is 1. The van der Waals surface area contributed by atoms with Gasteiger partial charge in [-0.1, -0.05) is 6.92 Å². The van der Waals surface area contributed by atoms with Crippen LogP contribution in [0.1, 0.15) is 12.5 Å². The number of likely N-dealkylation sites (N-methyl/N-ethyl adjacent to an activating group) is 1. The third-order valence-electron chi connectivity index (χ3n) is 2.52. The summed E-state index contributed by atoms with van der Waals surface area (Å²) in [6, 6.07) is 4.89. The van der Waals surface area contributed by atoms with E-state index in [0.717, 1.165) is 17.7 Å². The number of hydrogen-bond acceptors (Lipinski definition) is 4. The fourth-order valence-electron chi connectivity index (χ4n) is 1.76. The van der Waals surface area contributed by atoms with Crippen LogP contribution in [0.25, 0.3) is 5.57 Å². The first-order valence-corrected chi connectivity index (χ1v) is 6.65. The van der Waals surface area contributed by atoms with E-state index in [2.05, 4.69) is 5.32 Å². The highest BCUT2D eigenvalue weighted by Crippen LogP contribution is 2.34. The zero-order valence-electron chi connectivity index (χ0n) is 9.03. The van der Waals surface area contributed by atoms with Crippen LogP contribution in [-0.4, -0.2) is 21.5 Å². The van der Waals surface area contributed by atoms with Crippen LogP contribution in [0.15, 0.2) is 28.5 Å². The summed E-state index contributed by atoms with van der Waals surface area (Å²) in [5.41, 5.74) is 7.75. The van der Waals surface area contributed by atoms with Crippen LogP contribution in [-0.2, 0) is 9.84 Å². The lowest BCUT2D eigenvalue weighted by atomic mass is 10.1. The molecule has 2 rings (SSSR count).